The van der Waals surface area contributed by atoms with E-state index in [1.54, 1.807) is 6.92 Å². The Morgan fingerprint density at radius 3 is 2.68 bits per heavy atom. The number of benzene rings is 2. The molecule has 2 aromatic carbocycles. The van der Waals surface area contributed by atoms with Gasteiger partial charge in [0.1, 0.15) is 5.76 Å². The summed E-state index contributed by atoms with van der Waals surface area (Å²) in [6.45, 7) is 4.19. The van der Waals surface area contributed by atoms with Gasteiger partial charge in [0.25, 0.3) is 5.91 Å². The molecule has 0 saturated carbocycles. The van der Waals surface area contributed by atoms with Gasteiger partial charge in [-0.3, -0.25) is 4.79 Å². The Hall–Kier alpha value is -2.51. The van der Waals surface area contributed by atoms with Crippen molar-refractivity contribution < 1.29 is 22.4 Å². The van der Waals surface area contributed by atoms with Crippen LogP contribution in [0.2, 0.25) is 5.02 Å². The van der Waals surface area contributed by atoms with Crippen molar-refractivity contribution in [1.82, 2.24) is 5.32 Å². The van der Waals surface area contributed by atoms with Crippen molar-refractivity contribution in [3.05, 3.63) is 58.8 Å². The molecule has 1 amide bonds. The lowest BCUT2D eigenvalue weighted by atomic mass is 10.1. The van der Waals surface area contributed by atoms with Gasteiger partial charge >= 0.3 is 0 Å². The topological polar surface area (TPSA) is 85.6 Å². The van der Waals surface area contributed by atoms with Crippen LogP contribution in [-0.2, 0) is 9.84 Å². The first kappa shape index (κ1) is 20.2. The number of para-hydroxylation sites is 1. The molecule has 0 fully saturated rings. The Bertz CT molecular complexity index is 1140. The number of ether oxygens (including phenoxy) is 1. The zero-order valence-electron chi connectivity index (χ0n) is 15.7. The van der Waals surface area contributed by atoms with E-state index in [1.165, 1.54) is 18.2 Å². The van der Waals surface area contributed by atoms with Gasteiger partial charge in [-0.1, -0.05) is 23.7 Å². The number of fused-ring (bicyclic) bond motifs is 1. The van der Waals surface area contributed by atoms with E-state index in [4.69, 9.17) is 20.8 Å². The van der Waals surface area contributed by atoms with Crippen LogP contribution < -0.4 is 10.1 Å². The summed E-state index contributed by atoms with van der Waals surface area (Å²) in [5.74, 6) is 0.771. The highest BCUT2D eigenvalue weighted by atomic mass is 35.5. The molecule has 0 bridgehead atoms. The van der Waals surface area contributed by atoms with Crippen LogP contribution in [0.25, 0.3) is 11.0 Å². The molecule has 1 heterocycles. The Balaban J connectivity index is 1.85. The monoisotopic (exact) mass is 421 g/mol. The number of rotatable bonds is 6. The molecule has 3 rings (SSSR count). The quantitative estimate of drug-likeness (QED) is 0.638. The smallest absolute Gasteiger partial charge is 0.251 e. The van der Waals surface area contributed by atoms with Crippen LogP contribution in [0.1, 0.15) is 36.0 Å². The van der Waals surface area contributed by atoms with Crippen molar-refractivity contribution in [3.63, 3.8) is 0 Å². The fraction of sp³-hybridized carbons (Fsp3) is 0.250. The number of sulfone groups is 1. The maximum Gasteiger partial charge on any atom is 0.251 e. The molecule has 0 radical (unpaired) electrons. The van der Waals surface area contributed by atoms with Crippen molar-refractivity contribution in [2.75, 3.05) is 12.9 Å². The largest absolute Gasteiger partial charge is 0.490 e. The van der Waals surface area contributed by atoms with Gasteiger partial charge in [0, 0.05) is 17.2 Å². The lowest BCUT2D eigenvalue weighted by Gasteiger charge is -2.12. The van der Waals surface area contributed by atoms with Gasteiger partial charge in [0.05, 0.1) is 22.6 Å². The van der Waals surface area contributed by atoms with Gasteiger partial charge in [-0.15, -0.1) is 0 Å². The molecule has 148 valence electrons. The van der Waals surface area contributed by atoms with E-state index >= 15 is 0 Å². The first-order valence-corrected chi connectivity index (χ1v) is 10.9. The SMILES string of the molecule is CCOc1cccc2cc(C(C)NC(=O)c3ccc(Cl)c(S(C)(=O)=O)c3)oc12. The maximum absolute atomic E-state index is 12.6. The second-order valence-electron chi connectivity index (χ2n) is 6.37. The third kappa shape index (κ3) is 4.15. The van der Waals surface area contributed by atoms with Crippen LogP contribution in [0, 0.1) is 0 Å². The van der Waals surface area contributed by atoms with Crippen LogP contribution in [0.4, 0.5) is 0 Å². The second kappa shape index (κ2) is 7.85. The lowest BCUT2D eigenvalue weighted by Crippen LogP contribution is -2.26. The fourth-order valence-electron chi connectivity index (χ4n) is 2.82. The highest BCUT2D eigenvalue weighted by Gasteiger charge is 2.19. The highest BCUT2D eigenvalue weighted by molar-refractivity contribution is 7.90. The minimum absolute atomic E-state index is 0.0767. The third-order valence-electron chi connectivity index (χ3n) is 4.19. The Morgan fingerprint density at radius 2 is 2.00 bits per heavy atom. The average Bonchev–Trinajstić information content (AvgIpc) is 3.06. The molecule has 0 aliphatic heterocycles. The third-order valence-corrected chi connectivity index (χ3v) is 5.77. The molecule has 0 aliphatic carbocycles. The molecule has 1 N–H and O–H groups in total. The number of furan rings is 1. The Labute approximate surface area is 168 Å². The number of nitrogens with one attached hydrogen (secondary N) is 1. The summed E-state index contributed by atoms with van der Waals surface area (Å²) in [6.07, 6.45) is 1.04. The summed E-state index contributed by atoms with van der Waals surface area (Å²) in [6, 6.07) is 11.1. The molecule has 28 heavy (non-hydrogen) atoms. The van der Waals surface area contributed by atoms with Crippen LogP contribution in [0.3, 0.4) is 0 Å². The zero-order valence-corrected chi connectivity index (χ0v) is 17.2. The summed E-state index contributed by atoms with van der Waals surface area (Å²) < 4.78 is 35.1. The van der Waals surface area contributed by atoms with E-state index in [-0.39, 0.29) is 15.5 Å². The minimum atomic E-state index is -3.54. The zero-order chi connectivity index (χ0) is 20.5. The number of halogens is 1. The first-order chi connectivity index (χ1) is 13.2. The van der Waals surface area contributed by atoms with Crippen molar-refractivity contribution >= 4 is 38.3 Å². The number of amides is 1. The molecule has 3 aromatic rings. The van der Waals surface area contributed by atoms with Gasteiger partial charge in [0.15, 0.2) is 21.2 Å². The van der Waals surface area contributed by atoms with E-state index in [1.807, 2.05) is 31.2 Å². The average molecular weight is 422 g/mol. The molecular weight excluding hydrogens is 402 g/mol. The molecule has 8 heteroatoms. The molecule has 0 spiro atoms. The molecule has 0 aliphatic rings. The summed E-state index contributed by atoms with van der Waals surface area (Å²) in [5.41, 5.74) is 0.814. The predicted molar refractivity (Wildman–Crippen MR) is 108 cm³/mol. The van der Waals surface area contributed by atoms with Crippen LogP contribution in [0.15, 0.2) is 51.8 Å². The molecule has 0 saturated heterocycles. The molecule has 1 aromatic heterocycles. The van der Waals surface area contributed by atoms with Crippen molar-refractivity contribution in [1.29, 1.82) is 0 Å². The second-order valence-corrected chi connectivity index (χ2v) is 8.76. The highest BCUT2D eigenvalue weighted by Crippen LogP contribution is 2.31. The summed E-state index contributed by atoms with van der Waals surface area (Å²) in [7, 11) is -3.54. The summed E-state index contributed by atoms with van der Waals surface area (Å²) in [5, 5.41) is 3.76. The Kier molecular flexibility index (Phi) is 5.67. The van der Waals surface area contributed by atoms with Gasteiger partial charge in [-0.05, 0) is 44.2 Å². The van der Waals surface area contributed by atoms with Gasteiger partial charge in [-0.25, -0.2) is 8.42 Å². The van der Waals surface area contributed by atoms with Crippen LogP contribution >= 0.6 is 11.6 Å². The van der Waals surface area contributed by atoms with E-state index in [9.17, 15) is 13.2 Å². The Morgan fingerprint density at radius 1 is 1.25 bits per heavy atom. The molecular formula is C20H20ClNO5S. The standard InChI is InChI=1S/C20H20ClNO5S/c1-4-26-16-7-5-6-13-10-17(27-19(13)16)12(2)22-20(23)14-8-9-15(21)18(11-14)28(3,24)25/h5-12H,4H2,1-3H3,(H,22,23). The van der Waals surface area contributed by atoms with Crippen LogP contribution in [0.5, 0.6) is 5.75 Å². The number of carbonyl (C=O) groups excluding carboxylic acids is 1. The predicted octanol–water partition coefficient (Wildman–Crippen LogP) is 4.38. The van der Waals surface area contributed by atoms with Crippen LogP contribution in [-0.4, -0.2) is 27.2 Å². The van der Waals surface area contributed by atoms with Crippen molar-refractivity contribution in [3.8, 4) is 5.75 Å². The summed E-state index contributed by atoms with van der Waals surface area (Å²) in [4.78, 5) is 12.5. The number of hydrogen-bond donors (Lipinski definition) is 1. The van der Waals surface area contributed by atoms with E-state index in [0.717, 1.165) is 11.6 Å². The number of hydrogen-bond acceptors (Lipinski definition) is 5. The summed E-state index contributed by atoms with van der Waals surface area (Å²) >= 11 is 5.94. The molecule has 6 nitrogen and oxygen atoms in total. The number of carbonyl (C=O) groups is 1. The van der Waals surface area contributed by atoms with Gasteiger partial charge in [0.2, 0.25) is 0 Å². The van der Waals surface area contributed by atoms with Gasteiger partial charge < -0.3 is 14.5 Å². The molecule has 1 unspecified atom stereocenters. The fourth-order valence-corrected chi connectivity index (χ4v) is 4.12. The van der Waals surface area contributed by atoms with Crippen molar-refractivity contribution in [2.45, 2.75) is 24.8 Å². The maximum atomic E-state index is 12.6. The van der Waals surface area contributed by atoms with E-state index in [0.29, 0.717) is 23.7 Å². The van der Waals surface area contributed by atoms with E-state index in [2.05, 4.69) is 5.32 Å². The van der Waals surface area contributed by atoms with Gasteiger partial charge in [-0.2, -0.15) is 0 Å². The lowest BCUT2D eigenvalue weighted by molar-refractivity contribution is 0.0935. The minimum Gasteiger partial charge on any atom is -0.490 e. The molecule has 1 atom stereocenters. The van der Waals surface area contributed by atoms with E-state index < -0.39 is 21.8 Å². The first-order valence-electron chi connectivity index (χ1n) is 8.66. The normalized spacial score (nSPS) is 12.7. The van der Waals surface area contributed by atoms with Crippen molar-refractivity contribution in [2.24, 2.45) is 0 Å².